The second kappa shape index (κ2) is 6.64. The number of halogens is 3. The van der Waals surface area contributed by atoms with Gasteiger partial charge in [-0.05, 0) is 41.8 Å². The average molecular weight is 356 g/mol. The molecular formula is C16H16BrF2NO. The lowest BCUT2D eigenvalue weighted by Crippen LogP contribution is -2.41. The summed E-state index contributed by atoms with van der Waals surface area (Å²) in [5.74, 6) is -0.816. The minimum absolute atomic E-state index is 0.0541. The second-order valence-electron chi connectivity index (χ2n) is 5.08. The molecular weight excluding hydrogens is 340 g/mol. The maximum atomic E-state index is 14.1. The summed E-state index contributed by atoms with van der Waals surface area (Å²) < 4.78 is 28.2. The Hall–Kier alpha value is -1.30. The van der Waals surface area contributed by atoms with Crippen molar-refractivity contribution in [2.45, 2.75) is 11.8 Å². The lowest BCUT2D eigenvalue weighted by atomic mass is 9.76. The lowest BCUT2D eigenvalue weighted by molar-refractivity contribution is 0.192. The number of aliphatic hydroxyl groups excluding tert-OH is 1. The molecule has 2 nitrogen and oxygen atoms in total. The van der Waals surface area contributed by atoms with E-state index in [1.54, 1.807) is 24.3 Å². The molecule has 0 aliphatic rings. The van der Waals surface area contributed by atoms with Gasteiger partial charge in [-0.1, -0.05) is 34.1 Å². The first kappa shape index (κ1) is 16.1. The highest BCUT2D eigenvalue weighted by Gasteiger charge is 2.33. The van der Waals surface area contributed by atoms with Crippen molar-refractivity contribution in [3.05, 3.63) is 69.7 Å². The van der Waals surface area contributed by atoms with Crippen LogP contribution in [0.25, 0.3) is 0 Å². The fourth-order valence-corrected chi connectivity index (χ4v) is 2.99. The molecule has 0 aliphatic heterocycles. The Bertz CT molecular complexity index is 609. The van der Waals surface area contributed by atoms with Crippen LogP contribution in [0, 0.1) is 11.6 Å². The van der Waals surface area contributed by atoms with Gasteiger partial charge in [0, 0.05) is 16.4 Å². The van der Waals surface area contributed by atoms with E-state index < -0.39 is 17.0 Å². The first-order chi connectivity index (χ1) is 10.0. The molecule has 2 rings (SSSR count). The van der Waals surface area contributed by atoms with Crippen molar-refractivity contribution in [2.75, 3.05) is 13.2 Å². The molecule has 21 heavy (non-hydrogen) atoms. The van der Waals surface area contributed by atoms with Crippen LogP contribution in [0.1, 0.15) is 11.1 Å². The third-order valence-electron chi connectivity index (χ3n) is 3.60. The number of hydrogen-bond donors (Lipinski definition) is 2. The minimum atomic E-state index is -0.974. The Kier molecular flexibility index (Phi) is 5.08. The summed E-state index contributed by atoms with van der Waals surface area (Å²) in [5.41, 5.74) is 5.82. The van der Waals surface area contributed by atoms with Crippen molar-refractivity contribution in [3.8, 4) is 0 Å². The van der Waals surface area contributed by atoms with Gasteiger partial charge < -0.3 is 10.8 Å². The molecule has 112 valence electrons. The molecule has 1 unspecified atom stereocenters. The van der Waals surface area contributed by atoms with Crippen LogP contribution >= 0.6 is 15.9 Å². The topological polar surface area (TPSA) is 46.2 Å². The van der Waals surface area contributed by atoms with Crippen molar-refractivity contribution in [3.63, 3.8) is 0 Å². The van der Waals surface area contributed by atoms with Crippen LogP contribution in [-0.2, 0) is 11.8 Å². The second-order valence-corrected chi connectivity index (χ2v) is 5.99. The van der Waals surface area contributed by atoms with Crippen LogP contribution in [0.2, 0.25) is 0 Å². The van der Waals surface area contributed by atoms with Gasteiger partial charge in [0.15, 0.2) is 0 Å². The molecule has 0 radical (unpaired) electrons. The van der Waals surface area contributed by atoms with E-state index in [4.69, 9.17) is 5.73 Å². The molecule has 0 amide bonds. The molecule has 5 heteroatoms. The third-order valence-corrected chi connectivity index (χ3v) is 4.06. The molecule has 0 aliphatic carbocycles. The van der Waals surface area contributed by atoms with Gasteiger partial charge in [-0.3, -0.25) is 0 Å². The number of aliphatic hydroxyl groups is 1. The quantitative estimate of drug-likeness (QED) is 0.865. The molecule has 1 atom stereocenters. The van der Waals surface area contributed by atoms with E-state index in [1.807, 2.05) is 0 Å². The SMILES string of the molecule is NCC(CO)(Cc1cc(F)cc(Br)c1)c1ccccc1F. The van der Waals surface area contributed by atoms with Crippen molar-refractivity contribution >= 4 is 15.9 Å². The lowest BCUT2D eigenvalue weighted by Gasteiger charge is -2.31. The van der Waals surface area contributed by atoms with E-state index in [9.17, 15) is 13.9 Å². The van der Waals surface area contributed by atoms with Gasteiger partial charge in [-0.2, -0.15) is 0 Å². The highest BCUT2D eigenvalue weighted by Crippen LogP contribution is 2.30. The maximum Gasteiger partial charge on any atom is 0.127 e. The normalized spacial score (nSPS) is 14.0. The average Bonchev–Trinajstić information content (AvgIpc) is 2.44. The Morgan fingerprint density at radius 1 is 1.14 bits per heavy atom. The summed E-state index contributed by atoms with van der Waals surface area (Å²) in [6.07, 6.45) is 0.247. The van der Waals surface area contributed by atoms with E-state index in [0.29, 0.717) is 15.6 Å². The monoisotopic (exact) mass is 355 g/mol. The predicted molar refractivity (Wildman–Crippen MR) is 82.0 cm³/mol. The Balaban J connectivity index is 2.45. The summed E-state index contributed by atoms with van der Waals surface area (Å²) in [7, 11) is 0. The summed E-state index contributed by atoms with van der Waals surface area (Å²) in [6, 6.07) is 10.7. The zero-order valence-corrected chi connectivity index (χ0v) is 12.9. The molecule has 2 aromatic carbocycles. The molecule has 0 spiro atoms. The summed E-state index contributed by atoms with van der Waals surface area (Å²) in [4.78, 5) is 0. The summed E-state index contributed by atoms with van der Waals surface area (Å²) in [5, 5.41) is 9.80. The molecule has 2 aromatic rings. The van der Waals surface area contributed by atoms with E-state index in [-0.39, 0.29) is 19.6 Å². The molecule has 3 N–H and O–H groups in total. The fraction of sp³-hybridized carbons (Fsp3) is 0.250. The smallest absolute Gasteiger partial charge is 0.127 e. The molecule has 0 saturated heterocycles. The fourth-order valence-electron chi connectivity index (χ4n) is 2.48. The zero-order valence-electron chi connectivity index (χ0n) is 11.3. The summed E-state index contributed by atoms with van der Waals surface area (Å²) in [6.45, 7) is -0.267. The number of hydrogen-bond acceptors (Lipinski definition) is 2. The minimum Gasteiger partial charge on any atom is -0.395 e. The van der Waals surface area contributed by atoms with Crippen LogP contribution in [-0.4, -0.2) is 18.3 Å². The molecule has 0 heterocycles. The zero-order chi connectivity index (χ0) is 15.5. The van der Waals surface area contributed by atoms with Gasteiger partial charge in [0.1, 0.15) is 11.6 Å². The molecule has 0 saturated carbocycles. The molecule has 0 aromatic heterocycles. The van der Waals surface area contributed by atoms with E-state index in [2.05, 4.69) is 15.9 Å². The largest absolute Gasteiger partial charge is 0.395 e. The predicted octanol–water partition coefficient (Wildman–Crippen LogP) is 3.16. The maximum absolute atomic E-state index is 14.1. The third kappa shape index (κ3) is 3.48. The highest BCUT2D eigenvalue weighted by molar-refractivity contribution is 9.10. The van der Waals surface area contributed by atoms with Gasteiger partial charge in [0.05, 0.1) is 6.61 Å². The van der Waals surface area contributed by atoms with Gasteiger partial charge in [0.2, 0.25) is 0 Å². The standard InChI is InChI=1S/C16H16BrF2NO/c17-12-5-11(6-13(18)7-12)8-16(9-20,10-21)14-3-1-2-4-15(14)19/h1-7,21H,8-10,20H2. The van der Waals surface area contributed by atoms with Crippen LogP contribution < -0.4 is 5.73 Å². The van der Waals surface area contributed by atoms with Crippen molar-refractivity contribution in [1.29, 1.82) is 0 Å². The Morgan fingerprint density at radius 3 is 2.43 bits per heavy atom. The Labute approximate surface area is 130 Å². The van der Waals surface area contributed by atoms with Gasteiger partial charge in [0.25, 0.3) is 0 Å². The van der Waals surface area contributed by atoms with Gasteiger partial charge in [-0.15, -0.1) is 0 Å². The van der Waals surface area contributed by atoms with Crippen molar-refractivity contribution in [2.24, 2.45) is 5.73 Å². The van der Waals surface area contributed by atoms with Crippen LogP contribution in [0.4, 0.5) is 8.78 Å². The molecule has 0 fully saturated rings. The first-order valence-corrected chi connectivity index (χ1v) is 7.31. The highest BCUT2D eigenvalue weighted by atomic mass is 79.9. The summed E-state index contributed by atoms with van der Waals surface area (Å²) >= 11 is 3.23. The van der Waals surface area contributed by atoms with Gasteiger partial charge >= 0.3 is 0 Å². The Morgan fingerprint density at radius 2 is 1.86 bits per heavy atom. The van der Waals surface area contributed by atoms with E-state index in [1.165, 1.54) is 18.2 Å². The van der Waals surface area contributed by atoms with E-state index >= 15 is 0 Å². The van der Waals surface area contributed by atoms with E-state index in [0.717, 1.165) is 0 Å². The van der Waals surface area contributed by atoms with Crippen LogP contribution in [0.15, 0.2) is 46.9 Å². The number of benzene rings is 2. The van der Waals surface area contributed by atoms with Crippen LogP contribution in [0.3, 0.4) is 0 Å². The van der Waals surface area contributed by atoms with Crippen molar-refractivity contribution < 1.29 is 13.9 Å². The number of nitrogens with two attached hydrogens (primary N) is 1. The molecule has 0 bridgehead atoms. The first-order valence-electron chi connectivity index (χ1n) is 6.52. The number of rotatable bonds is 5. The van der Waals surface area contributed by atoms with Gasteiger partial charge in [-0.25, -0.2) is 8.78 Å². The van der Waals surface area contributed by atoms with Crippen molar-refractivity contribution in [1.82, 2.24) is 0 Å². The van der Waals surface area contributed by atoms with Crippen LogP contribution in [0.5, 0.6) is 0 Å².